The maximum absolute atomic E-state index is 10.5. The molecule has 0 radical (unpaired) electrons. The van der Waals surface area contributed by atoms with Crippen molar-refractivity contribution in [2.75, 3.05) is 6.54 Å². The van der Waals surface area contributed by atoms with E-state index in [2.05, 4.69) is 0 Å². The van der Waals surface area contributed by atoms with Gasteiger partial charge in [0.1, 0.15) is 0 Å². The van der Waals surface area contributed by atoms with Crippen molar-refractivity contribution in [3.63, 3.8) is 0 Å². The standard InChI is InChI=1S/C9H9Cl2NO.C9H11Cl2N/c10-7-3-1-6(5-8(7)11)2-4-9(12)13;10-8-4-3-7(2-1-5-12)6-9(8)11/h1,3,5H,2,4H2,(H2,12,13);3-4,6H,1-2,5,12H2. The molecule has 0 spiro atoms. The van der Waals surface area contributed by atoms with Crippen molar-refractivity contribution in [1.82, 2.24) is 0 Å². The summed E-state index contributed by atoms with van der Waals surface area (Å²) in [6.45, 7) is 0.709. The molecule has 2 aromatic rings. The van der Waals surface area contributed by atoms with Gasteiger partial charge in [0.15, 0.2) is 0 Å². The molecule has 25 heavy (non-hydrogen) atoms. The summed E-state index contributed by atoms with van der Waals surface area (Å²) in [6.07, 6.45) is 2.88. The zero-order valence-corrected chi connectivity index (χ0v) is 16.6. The number of halogens is 4. The molecule has 0 atom stereocenters. The van der Waals surface area contributed by atoms with Crippen LogP contribution in [-0.4, -0.2) is 12.5 Å². The molecule has 2 aromatic carbocycles. The molecule has 0 aliphatic rings. The van der Waals surface area contributed by atoms with E-state index >= 15 is 0 Å². The molecule has 0 bridgehead atoms. The Bertz CT molecular complexity index is 707. The predicted molar refractivity (Wildman–Crippen MR) is 108 cm³/mol. The van der Waals surface area contributed by atoms with Crippen molar-refractivity contribution in [2.45, 2.75) is 25.7 Å². The fraction of sp³-hybridized carbons (Fsp3) is 0.278. The maximum atomic E-state index is 10.5. The van der Waals surface area contributed by atoms with Crippen molar-refractivity contribution in [3.8, 4) is 0 Å². The second-order valence-corrected chi connectivity index (χ2v) is 6.98. The topological polar surface area (TPSA) is 69.1 Å². The van der Waals surface area contributed by atoms with Crippen molar-refractivity contribution in [3.05, 3.63) is 67.6 Å². The summed E-state index contributed by atoms with van der Waals surface area (Å²) in [5, 5.41) is 2.24. The van der Waals surface area contributed by atoms with Crippen molar-refractivity contribution >= 4 is 52.3 Å². The number of hydrogen-bond acceptors (Lipinski definition) is 2. The molecule has 0 aliphatic heterocycles. The Hall–Kier alpha value is -0.970. The van der Waals surface area contributed by atoms with Crippen LogP contribution >= 0.6 is 46.4 Å². The van der Waals surface area contributed by atoms with E-state index in [0.717, 1.165) is 18.4 Å². The highest BCUT2D eigenvalue weighted by Crippen LogP contribution is 2.23. The van der Waals surface area contributed by atoms with Gasteiger partial charge < -0.3 is 11.5 Å². The molecule has 7 heteroatoms. The number of rotatable bonds is 6. The minimum atomic E-state index is -0.314. The molecule has 3 nitrogen and oxygen atoms in total. The van der Waals surface area contributed by atoms with Gasteiger partial charge in [-0.25, -0.2) is 0 Å². The summed E-state index contributed by atoms with van der Waals surface area (Å²) in [4.78, 5) is 10.5. The monoisotopic (exact) mass is 420 g/mol. The Morgan fingerprint density at radius 1 is 0.800 bits per heavy atom. The van der Waals surface area contributed by atoms with Gasteiger partial charge >= 0.3 is 0 Å². The number of primary amides is 1. The normalized spacial score (nSPS) is 10.1. The highest BCUT2D eigenvalue weighted by Gasteiger charge is 2.01. The summed E-state index contributed by atoms with van der Waals surface area (Å²) in [5.41, 5.74) is 12.6. The van der Waals surface area contributed by atoms with E-state index in [0.29, 0.717) is 39.5 Å². The number of benzene rings is 2. The number of hydrogen-bond donors (Lipinski definition) is 2. The molecular weight excluding hydrogens is 402 g/mol. The van der Waals surface area contributed by atoms with Crippen LogP contribution in [0.5, 0.6) is 0 Å². The van der Waals surface area contributed by atoms with Gasteiger partial charge in [-0.1, -0.05) is 58.5 Å². The van der Waals surface area contributed by atoms with Crippen LogP contribution in [-0.2, 0) is 17.6 Å². The van der Waals surface area contributed by atoms with E-state index in [4.69, 9.17) is 57.9 Å². The molecule has 136 valence electrons. The van der Waals surface area contributed by atoms with Crippen LogP contribution in [0.2, 0.25) is 20.1 Å². The molecule has 0 fully saturated rings. The van der Waals surface area contributed by atoms with Crippen LogP contribution in [0.3, 0.4) is 0 Å². The third-order valence-corrected chi connectivity index (χ3v) is 4.78. The summed E-state index contributed by atoms with van der Waals surface area (Å²) >= 11 is 23.1. The lowest BCUT2D eigenvalue weighted by molar-refractivity contribution is -0.117. The van der Waals surface area contributed by atoms with Gasteiger partial charge in [-0.15, -0.1) is 0 Å². The zero-order chi connectivity index (χ0) is 18.8. The van der Waals surface area contributed by atoms with Crippen LogP contribution in [0.1, 0.15) is 24.0 Å². The van der Waals surface area contributed by atoms with E-state index in [-0.39, 0.29) is 5.91 Å². The second kappa shape index (κ2) is 11.6. The molecule has 1 amide bonds. The van der Waals surface area contributed by atoms with E-state index in [1.807, 2.05) is 24.3 Å². The molecule has 2 rings (SSSR count). The Morgan fingerprint density at radius 3 is 1.68 bits per heavy atom. The Kier molecular flexibility index (Phi) is 10.2. The summed E-state index contributed by atoms with van der Waals surface area (Å²) in [6, 6.07) is 11.0. The lowest BCUT2D eigenvalue weighted by Crippen LogP contribution is -2.11. The third kappa shape index (κ3) is 8.80. The van der Waals surface area contributed by atoms with E-state index in [1.54, 1.807) is 12.1 Å². The highest BCUT2D eigenvalue weighted by atomic mass is 35.5. The van der Waals surface area contributed by atoms with Gasteiger partial charge in [0, 0.05) is 6.42 Å². The zero-order valence-electron chi connectivity index (χ0n) is 13.6. The SMILES string of the molecule is NC(=O)CCc1ccc(Cl)c(Cl)c1.NCCCc1ccc(Cl)c(Cl)c1. The fourth-order valence-electron chi connectivity index (χ4n) is 1.96. The summed E-state index contributed by atoms with van der Waals surface area (Å²) in [7, 11) is 0. The summed E-state index contributed by atoms with van der Waals surface area (Å²) in [5.74, 6) is -0.314. The van der Waals surface area contributed by atoms with Gasteiger partial charge in [-0.05, 0) is 61.2 Å². The lowest BCUT2D eigenvalue weighted by atomic mass is 10.1. The average molecular weight is 422 g/mol. The quantitative estimate of drug-likeness (QED) is 0.664. The van der Waals surface area contributed by atoms with Gasteiger partial charge in [0.05, 0.1) is 20.1 Å². The van der Waals surface area contributed by atoms with Crippen LogP contribution in [0.15, 0.2) is 36.4 Å². The predicted octanol–water partition coefficient (Wildman–Crippen LogP) is 5.30. The molecule has 0 aliphatic carbocycles. The van der Waals surface area contributed by atoms with Crippen LogP contribution in [0.4, 0.5) is 0 Å². The highest BCUT2D eigenvalue weighted by molar-refractivity contribution is 6.42. The molecule has 4 N–H and O–H groups in total. The largest absolute Gasteiger partial charge is 0.370 e. The number of carbonyl (C=O) groups excluding carboxylic acids is 1. The average Bonchev–Trinajstić information content (AvgIpc) is 2.57. The fourth-order valence-corrected chi connectivity index (χ4v) is 2.61. The van der Waals surface area contributed by atoms with Gasteiger partial charge in [-0.2, -0.15) is 0 Å². The molecule has 0 aromatic heterocycles. The second-order valence-electron chi connectivity index (χ2n) is 5.36. The van der Waals surface area contributed by atoms with Gasteiger partial charge in [0.25, 0.3) is 0 Å². The first kappa shape index (κ1) is 22.1. The van der Waals surface area contributed by atoms with E-state index < -0.39 is 0 Å². The first-order valence-corrected chi connectivity index (χ1v) is 9.21. The number of aryl methyl sites for hydroxylation is 2. The maximum Gasteiger partial charge on any atom is 0.217 e. The van der Waals surface area contributed by atoms with Crippen LogP contribution < -0.4 is 11.5 Å². The van der Waals surface area contributed by atoms with E-state index in [9.17, 15) is 4.79 Å². The molecule has 0 saturated carbocycles. The molecule has 0 unspecified atom stereocenters. The first-order chi connectivity index (χ1) is 11.8. The number of carbonyl (C=O) groups is 1. The molecule has 0 saturated heterocycles. The number of nitrogens with two attached hydrogens (primary N) is 2. The third-order valence-electron chi connectivity index (χ3n) is 3.30. The van der Waals surface area contributed by atoms with Gasteiger partial charge in [0.2, 0.25) is 5.91 Å². The Balaban J connectivity index is 0.000000251. The smallest absolute Gasteiger partial charge is 0.217 e. The first-order valence-electron chi connectivity index (χ1n) is 7.69. The lowest BCUT2D eigenvalue weighted by Gasteiger charge is -2.01. The van der Waals surface area contributed by atoms with Crippen LogP contribution in [0.25, 0.3) is 0 Å². The minimum Gasteiger partial charge on any atom is -0.370 e. The Morgan fingerprint density at radius 2 is 1.28 bits per heavy atom. The number of amides is 1. The van der Waals surface area contributed by atoms with Crippen molar-refractivity contribution < 1.29 is 4.79 Å². The molecule has 0 heterocycles. The van der Waals surface area contributed by atoms with Crippen molar-refractivity contribution in [1.29, 1.82) is 0 Å². The Labute approximate surface area is 168 Å². The van der Waals surface area contributed by atoms with Crippen molar-refractivity contribution in [2.24, 2.45) is 11.5 Å². The molecular formula is C18H20Cl4N2O. The van der Waals surface area contributed by atoms with E-state index in [1.165, 1.54) is 5.56 Å². The van der Waals surface area contributed by atoms with Gasteiger partial charge in [-0.3, -0.25) is 4.79 Å². The minimum absolute atomic E-state index is 0.314. The summed E-state index contributed by atoms with van der Waals surface area (Å²) < 4.78 is 0. The van der Waals surface area contributed by atoms with Crippen LogP contribution in [0, 0.1) is 0 Å².